The fourth-order valence-corrected chi connectivity index (χ4v) is 19.0. The number of hydrogen-bond acceptors (Lipinski definition) is 24. The Morgan fingerprint density at radius 3 is 0.629 bits per heavy atom. The van der Waals surface area contributed by atoms with Crippen molar-refractivity contribution < 1.29 is 78.7 Å². The van der Waals surface area contributed by atoms with Crippen LogP contribution in [-0.2, 0) is 74.3 Å². The first-order chi connectivity index (χ1) is 66.6. The van der Waals surface area contributed by atoms with Gasteiger partial charge in [-0.3, -0.25) is 0 Å². The van der Waals surface area contributed by atoms with E-state index in [-0.39, 0.29) is 101 Å². The molecule has 12 rings (SSSR count). The lowest BCUT2D eigenvalue weighted by Gasteiger charge is -2.27. The minimum Gasteiger partial charge on any atom is -0.493 e. The highest BCUT2D eigenvalue weighted by Crippen LogP contribution is 2.41. The van der Waals surface area contributed by atoms with Gasteiger partial charge < -0.3 is 78.7 Å². The van der Waals surface area contributed by atoms with Gasteiger partial charge in [0.25, 0.3) is 0 Å². The monoisotopic (exact) mass is 2880 g/mol. The number of aliphatic hydroxyl groups excluding tert-OH is 8. The van der Waals surface area contributed by atoms with Crippen molar-refractivity contribution in [1.29, 1.82) is 0 Å². The van der Waals surface area contributed by atoms with Crippen LogP contribution in [0.2, 0.25) is 0 Å². The Balaban J connectivity index is 0.000000209. The summed E-state index contributed by atoms with van der Waals surface area (Å²) in [6, 6.07) is 57.1. The van der Waals surface area contributed by atoms with Gasteiger partial charge in [0.2, 0.25) is 0 Å². The van der Waals surface area contributed by atoms with Crippen molar-refractivity contribution in [2.24, 2.45) is 23.7 Å². The molecule has 2 unspecified atom stereocenters. The van der Waals surface area contributed by atoms with Crippen molar-refractivity contribution >= 4 is 227 Å². The minimum atomic E-state index is -0.767. The molecule has 0 radical (unpaired) electrons. The molecule has 8 atom stereocenters. The summed E-state index contributed by atoms with van der Waals surface area (Å²) in [6.07, 6.45) is -3.06. The molecule has 0 aliphatic carbocycles. The predicted molar refractivity (Wildman–Crippen MR) is 613 cm³/mol. The van der Waals surface area contributed by atoms with Gasteiger partial charge in [0.05, 0.1) is 93.3 Å². The van der Waals surface area contributed by atoms with Crippen LogP contribution in [0, 0.1) is 52.8 Å². The second-order valence-electron chi connectivity index (χ2n) is 36.0. The van der Waals surface area contributed by atoms with Gasteiger partial charge in [-0.05, 0) is 322 Å². The molecule has 0 fully saturated rings. The Morgan fingerprint density at radius 1 is 0.279 bits per heavy atom. The minimum absolute atomic E-state index is 0.118. The van der Waals surface area contributed by atoms with E-state index in [0.717, 1.165) is 59.5 Å². The van der Waals surface area contributed by atoms with E-state index in [1.165, 1.54) is 22.3 Å². The molecule has 0 amide bonds. The second-order valence-corrected chi connectivity index (χ2v) is 46.0. The number of aromatic nitrogens is 12. The highest BCUT2D eigenvalue weighted by Gasteiger charge is 2.31. The van der Waals surface area contributed by atoms with E-state index < -0.39 is 24.4 Å². The van der Waals surface area contributed by atoms with Crippen LogP contribution in [-0.4, -0.2) is 202 Å². The van der Waals surface area contributed by atoms with E-state index in [4.69, 9.17) is 84.3 Å². The molecule has 0 aliphatic heterocycles. The third kappa shape index (κ3) is 34.8. The predicted octanol–water partition coefficient (Wildman–Crippen LogP) is 20.0. The van der Waals surface area contributed by atoms with Crippen LogP contribution >= 0.6 is 227 Å². The van der Waals surface area contributed by atoms with Crippen LogP contribution in [0.25, 0.3) is 0 Å². The summed E-state index contributed by atoms with van der Waals surface area (Å²) in [4.78, 5) is 0. The van der Waals surface area contributed by atoms with Crippen molar-refractivity contribution in [2.75, 3.05) is 76.4 Å². The van der Waals surface area contributed by atoms with Gasteiger partial charge in [0, 0.05) is 68.9 Å². The number of nitrogens with zero attached hydrogens (tertiary/aromatic N) is 12. The fraction of sp³-hybridized carbons (Fsp3) is 0.440. The molecular formula is C100H120Cl4I8N12O16. The maximum Gasteiger partial charge on any atom is 0.132 e. The van der Waals surface area contributed by atoms with Crippen molar-refractivity contribution in [3.63, 3.8) is 0 Å². The maximum absolute atomic E-state index is 10.4. The average Bonchev–Trinajstić information content (AvgIpc) is 0.940. The molecule has 28 nitrogen and oxygen atoms in total. The third-order valence-electron chi connectivity index (χ3n) is 22.9. The van der Waals surface area contributed by atoms with Crippen LogP contribution in [0.3, 0.4) is 0 Å². The largest absolute Gasteiger partial charge is 0.493 e. The molecule has 8 aromatic carbocycles. The lowest BCUT2D eigenvalue weighted by Crippen LogP contribution is -2.25. The van der Waals surface area contributed by atoms with Crippen molar-refractivity contribution in [3.05, 3.63) is 266 Å². The molecule has 0 aliphatic rings. The zero-order valence-electron chi connectivity index (χ0n) is 79.7. The van der Waals surface area contributed by atoms with Gasteiger partial charge in [-0.15, -0.1) is 66.8 Å². The first-order valence-corrected chi connectivity index (χ1v) is 55.7. The topological polar surface area (TPSA) is 359 Å². The van der Waals surface area contributed by atoms with E-state index in [9.17, 15) is 40.9 Å². The second kappa shape index (κ2) is 57.8. The molecule has 4 aromatic heterocycles. The van der Waals surface area contributed by atoms with Crippen molar-refractivity contribution in [2.45, 2.75) is 182 Å². The molecule has 0 saturated heterocycles. The SMILES string of the molecule is CC(CCl)COc1ccc(C(C)(C)c2ccc(OCC(O)Cn3nnc(CO)c3[123I])c(I)c2)cc1.C[C@@H](CCl)COc1ccc(C(C)(C)c2ccc(OC[C@H](O)Cn3nnc(CO)c3[123I])cc2)cc1I.C[C@H](CCl)COc1ccc(C(C)(C)c2ccc(OC[C@@H](O)Cn3nnc(CO)c3[123I])cc2)cc1I.C[C@H](CCl)COc1ccc(C(C)(C)c2ccc(OC[C@H](O)Cn3nnc(CO)c3[123I])c(I)c2)cc1. The Labute approximate surface area is 948 Å². The molecule has 140 heavy (non-hydrogen) atoms. The van der Waals surface area contributed by atoms with Gasteiger partial charge in [0.1, 0.15) is 134 Å². The van der Waals surface area contributed by atoms with Crippen LogP contribution in [0.5, 0.6) is 46.0 Å². The van der Waals surface area contributed by atoms with Gasteiger partial charge in [-0.1, -0.05) is 177 Å². The van der Waals surface area contributed by atoms with Crippen LogP contribution in [0.1, 0.15) is 150 Å². The molecule has 0 bridgehead atoms. The zero-order valence-corrected chi connectivity index (χ0v) is 100.0. The Morgan fingerprint density at radius 2 is 0.450 bits per heavy atom. The van der Waals surface area contributed by atoms with Gasteiger partial charge in [-0.2, -0.15) is 0 Å². The standard InChI is InChI=1S/4C25H30ClI2N3O4/c2*1-16(11-26)14-35-23-9-6-18(10-21(23)27)25(2,3)17-4-7-20(8-5-17)34-15-19(33)12-31-24(28)22(13-32)29-30-31;2*1-16(11-26)14-34-20-7-4-17(5-8-20)25(2,3)18-6-9-23(21(27)10-18)35-15-19(33)12-31-24(28)22(13-32)29-30-31/h4*4-10,16,19,32-33H,11-15H2,1-3H3/t2*16-,19+;16-,19-;/m101./s1/i4*28-4. The van der Waals surface area contributed by atoms with Gasteiger partial charge in [-0.25, -0.2) is 18.7 Å². The quantitative estimate of drug-likeness (QED) is 0.0130. The summed E-state index contributed by atoms with van der Waals surface area (Å²) < 4.78 is 60.0. The van der Waals surface area contributed by atoms with Crippen molar-refractivity contribution in [1.82, 2.24) is 60.0 Å². The van der Waals surface area contributed by atoms with E-state index >= 15 is 0 Å². The number of rotatable bonds is 48. The van der Waals surface area contributed by atoms with Gasteiger partial charge in [0.15, 0.2) is 0 Å². The number of halogens is 12. The maximum atomic E-state index is 10.4. The van der Waals surface area contributed by atoms with E-state index in [2.05, 4.69) is 402 Å². The number of aliphatic hydroxyl groups is 8. The highest BCUT2D eigenvalue weighted by molar-refractivity contribution is 14.1. The van der Waals surface area contributed by atoms with Crippen molar-refractivity contribution in [3.8, 4) is 46.0 Å². The summed E-state index contributed by atoms with van der Waals surface area (Å²) in [5, 5.41) is 110. The summed E-state index contributed by atoms with van der Waals surface area (Å²) >= 11 is 40.8. The molecule has 40 heteroatoms. The summed E-state index contributed by atoms with van der Waals surface area (Å²) in [5.74, 6) is 9.74. The van der Waals surface area contributed by atoms with Gasteiger partial charge >= 0.3 is 0 Å². The Hall–Kier alpha value is -4.60. The molecular weight excluding hydrogens is 2770 g/mol. The molecule has 0 saturated carbocycles. The average molecular weight is 2890 g/mol. The normalized spacial score (nSPS) is 13.5. The summed E-state index contributed by atoms with van der Waals surface area (Å²) in [5.41, 5.74) is 10.5. The Bertz CT molecular complexity index is 5480. The first-order valence-electron chi connectivity index (χ1n) is 45.0. The number of alkyl halides is 4. The molecule has 8 N–H and O–H groups in total. The van der Waals surface area contributed by atoms with E-state index in [1.54, 1.807) is 18.7 Å². The van der Waals surface area contributed by atoms with E-state index in [1.807, 2.05) is 72.8 Å². The molecule has 0 spiro atoms. The Kier molecular flexibility index (Phi) is 49.1. The van der Waals surface area contributed by atoms with Crippen LogP contribution in [0.15, 0.2) is 170 Å². The number of hydrogen-bond donors (Lipinski definition) is 8. The summed E-state index contributed by atoms with van der Waals surface area (Å²) in [6.45, 7) is 28.8. The lowest BCUT2D eigenvalue weighted by molar-refractivity contribution is 0.0876. The number of ether oxygens (including phenoxy) is 8. The molecule has 4 heterocycles. The third-order valence-corrected chi connectivity index (χ3v) is 33.1. The number of benzene rings is 8. The molecule has 12 aromatic rings. The highest BCUT2D eigenvalue weighted by atomic mass is 127. The lowest BCUT2D eigenvalue weighted by atomic mass is 9.78. The zero-order chi connectivity index (χ0) is 102. The van der Waals surface area contributed by atoms with Crippen LogP contribution in [0.4, 0.5) is 0 Å². The summed E-state index contributed by atoms with van der Waals surface area (Å²) in [7, 11) is 0. The first kappa shape index (κ1) is 119. The molecule has 760 valence electrons. The smallest absolute Gasteiger partial charge is 0.132 e. The van der Waals surface area contributed by atoms with Crippen LogP contribution < -0.4 is 37.9 Å². The fourth-order valence-electron chi connectivity index (χ4n) is 13.7. The van der Waals surface area contributed by atoms with E-state index in [0.29, 0.717) is 134 Å².